The predicted molar refractivity (Wildman–Crippen MR) is 66.7 cm³/mol. The number of hydrogen-bond donors (Lipinski definition) is 2. The number of benzene rings is 1. The molecule has 1 aromatic rings. The van der Waals surface area contributed by atoms with Gasteiger partial charge in [-0.1, -0.05) is 6.07 Å². The van der Waals surface area contributed by atoms with Gasteiger partial charge in [-0.3, -0.25) is 4.79 Å². The summed E-state index contributed by atoms with van der Waals surface area (Å²) in [6, 6.07) is 5.70. The molecule has 94 valence electrons. The summed E-state index contributed by atoms with van der Waals surface area (Å²) in [5.74, 6) is -0.146. The van der Waals surface area contributed by atoms with E-state index in [0.29, 0.717) is 18.0 Å². The van der Waals surface area contributed by atoms with Gasteiger partial charge in [0, 0.05) is 18.2 Å². The van der Waals surface area contributed by atoms with Crippen LogP contribution in [0.25, 0.3) is 0 Å². The van der Waals surface area contributed by atoms with Crippen molar-refractivity contribution < 1.29 is 9.18 Å². The molecule has 1 fully saturated rings. The highest BCUT2D eigenvalue weighted by atomic mass is 35.5. The van der Waals surface area contributed by atoms with Crippen LogP contribution >= 0.6 is 12.4 Å². The van der Waals surface area contributed by atoms with Crippen molar-refractivity contribution in [2.24, 2.45) is 11.7 Å². The Hall–Kier alpha value is -1.13. The van der Waals surface area contributed by atoms with Crippen LogP contribution < -0.4 is 11.1 Å². The number of rotatable bonds is 4. The third-order valence-corrected chi connectivity index (χ3v) is 2.85. The van der Waals surface area contributed by atoms with Gasteiger partial charge in [-0.15, -0.1) is 12.4 Å². The smallest absolute Gasteiger partial charge is 0.251 e. The summed E-state index contributed by atoms with van der Waals surface area (Å²) in [5, 5.41) is 2.84. The molecule has 0 aliphatic heterocycles. The fraction of sp³-hybridized carbons (Fsp3) is 0.417. The molecule has 1 amide bonds. The maximum atomic E-state index is 12.9. The Morgan fingerprint density at radius 2 is 2.24 bits per heavy atom. The van der Waals surface area contributed by atoms with Gasteiger partial charge in [-0.05, 0) is 37.0 Å². The molecule has 0 bridgehead atoms. The average molecular weight is 259 g/mol. The Balaban J connectivity index is 0.00000144. The molecule has 1 atom stereocenters. The van der Waals surface area contributed by atoms with Crippen molar-refractivity contribution >= 4 is 18.3 Å². The van der Waals surface area contributed by atoms with Gasteiger partial charge in [0.25, 0.3) is 5.91 Å². The van der Waals surface area contributed by atoms with Gasteiger partial charge >= 0.3 is 0 Å². The number of carbonyl (C=O) groups excluding carboxylic acids is 1. The van der Waals surface area contributed by atoms with Gasteiger partial charge in [0.05, 0.1) is 0 Å². The van der Waals surface area contributed by atoms with Crippen molar-refractivity contribution in [2.75, 3.05) is 6.54 Å². The Morgan fingerprint density at radius 3 is 2.76 bits per heavy atom. The first kappa shape index (κ1) is 13.9. The van der Waals surface area contributed by atoms with Crippen molar-refractivity contribution in [1.29, 1.82) is 0 Å². The average Bonchev–Trinajstić information content (AvgIpc) is 3.09. The van der Waals surface area contributed by atoms with E-state index in [4.69, 9.17) is 5.73 Å². The van der Waals surface area contributed by atoms with Crippen LogP contribution in [0.5, 0.6) is 0 Å². The summed E-state index contributed by atoms with van der Waals surface area (Å²) >= 11 is 0. The van der Waals surface area contributed by atoms with Crippen LogP contribution in [0.3, 0.4) is 0 Å². The van der Waals surface area contributed by atoms with Crippen LogP contribution in [-0.2, 0) is 0 Å². The highest BCUT2D eigenvalue weighted by Crippen LogP contribution is 2.32. The van der Waals surface area contributed by atoms with Crippen molar-refractivity contribution in [2.45, 2.75) is 18.9 Å². The minimum Gasteiger partial charge on any atom is -0.348 e. The summed E-state index contributed by atoms with van der Waals surface area (Å²) in [7, 11) is 0. The molecule has 0 radical (unpaired) electrons. The lowest BCUT2D eigenvalue weighted by Gasteiger charge is -2.15. The molecule has 3 nitrogen and oxygen atoms in total. The van der Waals surface area contributed by atoms with E-state index in [1.165, 1.54) is 18.2 Å². The number of carbonyl (C=O) groups is 1. The lowest BCUT2D eigenvalue weighted by Crippen LogP contribution is -2.41. The lowest BCUT2D eigenvalue weighted by atomic mass is 10.1. The molecule has 5 heteroatoms. The number of halogens is 2. The van der Waals surface area contributed by atoms with Crippen molar-refractivity contribution in [3.05, 3.63) is 35.6 Å². The summed E-state index contributed by atoms with van der Waals surface area (Å²) in [4.78, 5) is 11.8. The van der Waals surface area contributed by atoms with Gasteiger partial charge in [0.1, 0.15) is 5.82 Å². The normalized spacial score (nSPS) is 15.9. The number of nitrogens with two attached hydrogens (primary N) is 1. The monoisotopic (exact) mass is 258 g/mol. The van der Waals surface area contributed by atoms with Gasteiger partial charge in [-0.25, -0.2) is 4.39 Å². The Kier molecular flexibility index (Phi) is 4.90. The van der Waals surface area contributed by atoms with Gasteiger partial charge in [0.15, 0.2) is 0 Å². The topological polar surface area (TPSA) is 55.1 Å². The Labute approximate surface area is 106 Å². The van der Waals surface area contributed by atoms with Gasteiger partial charge in [0.2, 0.25) is 0 Å². The molecule has 0 heterocycles. The van der Waals surface area contributed by atoms with Gasteiger partial charge in [-0.2, -0.15) is 0 Å². The molecule has 0 aromatic heterocycles. The first-order chi connectivity index (χ1) is 7.70. The fourth-order valence-corrected chi connectivity index (χ4v) is 1.75. The highest BCUT2D eigenvalue weighted by Gasteiger charge is 2.31. The van der Waals surface area contributed by atoms with E-state index in [0.717, 1.165) is 12.8 Å². The highest BCUT2D eigenvalue weighted by molar-refractivity contribution is 5.94. The molecule has 0 spiro atoms. The minimum absolute atomic E-state index is 0. The maximum absolute atomic E-state index is 12.9. The molecule has 2 rings (SSSR count). The number of hydrogen-bond acceptors (Lipinski definition) is 2. The summed E-state index contributed by atoms with van der Waals surface area (Å²) < 4.78 is 12.9. The largest absolute Gasteiger partial charge is 0.348 e. The fourth-order valence-electron chi connectivity index (χ4n) is 1.75. The molecule has 1 aliphatic rings. The molecule has 1 aromatic carbocycles. The zero-order valence-electron chi connectivity index (χ0n) is 9.36. The van der Waals surface area contributed by atoms with E-state index in [-0.39, 0.29) is 24.4 Å². The second kappa shape index (κ2) is 5.98. The van der Waals surface area contributed by atoms with E-state index in [2.05, 4.69) is 5.32 Å². The van der Waals surface area contributed by atoms with E-state index in [1.807, 2.05) is 0 Å². The SMILES string of the molecule is Cl.NCC(NC(=O)c1cccc(F)c1)C1CC1. The zero-order chi connectivity index (χ0) is 11.5. The second-order valence-corrected chi connectivity index (χ2v) is 4.16. The van der Waals surface area contributed by atoms with E-state index in [1.54, 1.807) is 6.07 Å². The third kappa shape index (κ3) is 3.68. The summed E-state index contributed by atoms with van der Waals surface area (Å²) in [6.07, 6.45) is 2.23. The lowest BCUT2D eigenvalue weighted by molar-refractivity contribution is 0.0933. The van der Waals surface area contributed by atoms with Crippen LogP contribution in [0.2, 0.25) is 0 Å². The van der Waals surface area contributed by atoms with Crippen LogP contribution in [0.1, 0.15) is 23.2 Å². The van der Waals surface area contributed by atoms with Crippen LogP contribution in [0.4, 0.5) is 4.39 Å². The van der Waals surface area contributed by atoms with E-state index in [9.17, 15) is 9.18 Å². The Morgan fingerprint density at radius 1 is 1.53 bits per heavy atom. The van der Waals surface area contributed by atoms with Crippen molar-refractivity contribution in [3.63, 3.8) is 0 Å². The summed E-state index contributed by atoms with van der Waals surface area (Å²) in [6.45, 7) is 0.436. The summed E-state index contributed by atoms with van der Waals surface area (Å²) in [5.41, 5.74) is 5.93. The molecule has 1 saturated carbocycles. The molecule has 1 unspecified atom stereocenters. The quantitative estimate of drug-likeness (QED) is 0.864. The zero-order valence-corrected chi connectivity index (χ0v) is 10.2. The molecule has 0 saturated heterocycles. The first-order valence-electron chi connectivity index (χ1n) is 5.47. The van der Waals surface area contributed by atoms with Crippen molar-refractivity contribution in [3.8, 4) is 0 Å². The predicted octanol–water partition coefficient (Wildman–Crippen LogP) is 1.71. The molecule has 3 N–H and O–H groups in total. The minimum atomic E-state index is -0.400. The standard InChI is InChI=1S/C12H15FN2O.ClH/c13-10-3-1-2-9(6-10)12(16)15-11(7-14)8-4-5-8;/h1-3,6,8,11H,4-5,7,14H2,(H,15,16);1H. The maximum Gasteiger partial charge on any atom is 0.251 e. The van der Waals surface area contributed by atoms with Crippen LogP contribution in [-0.4, -0.2) is 18.5 Å². The van der Waals surface area contributed by atoms with E-state index < -0.39 is 5.82 Å². The number of amides is 1. The second-order valence-electron chi connectivity index (χ2n) is 4.16. The van der Waals surface area contributed by atoms with Crippen LogP contribution in [0, 0.1) is 11.7 Å². The molecular weight excluding hydrogens is 243 g/mol. The van der Waals surface area contributed by atoms with Crippen molar-refractivity contribution in [1.82, 2.24) is 5.32 Å². The van der Waals surface area contributed by atoms with Gasteiger partial charge < -0.3 is 11.1 Å². The first-order valence-corrected chi connectivity index (χ1v) is 5.47. The molecule has 1 aliphatic carbocycles. The number of nitrogens with one attached hydrogen (secondary N) is 1. The van der Waals surface area contributed by atoms with E-state index >= 15 is 0 Å². The Bertz CT molecular complexity index is 396. The molecular formula is C12H16ClFN2O. The molecule has 17 heavy (non-hydrogen) atoms. The third-order valence-electron chi connectivity index (χ3n) is 2.85. The van der Waals surface area contributed by atoms with Crippen LogP contribution in [0.15, 0.2) is 24.3 Å².